The summed E-state index contributed by atoms with van der Waals surface area (Å²) in [5.41, 5.74) is 6.08. The predicted octanol–water partition coefficient (Wildman–Crippen LogP) is 2.01. The molecule has 1 aromatic rings. The fraction of sp³-hybridized carbons (Fsp3) is 0.769. The van der Waals surface area contributed by atoms with Crippen LogP contribution in [-0.2, 0) is 11.8 Å². The van der Waals surface area contributed by atoms with Gasteiger partial charge in [0.15, 0.2) is 0 Å². The number of aromatic nitrogens is 2. The van der Waals surface area contributed by atoms with E-state index < -0.39 is 0 Å². The Hall–Kier alpha value is -0.870. The second kappa shape index (κ2) is 3.82. The van der Waals surface area contributed by atoms with E-state index >= 15 is 0 Å². The molecule has 2 heterocycles. The summed E-state index contributed by atoms with van der Waals surface area (Å²) in [4.78, 5) is 4.36. The van der Waals surface area contributed by atoms with Crippen LogP contribution in [0.4, 0.5) is 0 Å². The van der Waals surface area contributed by atoms with Crippen molar-refractivity contribution < 1.29 is 4.74 Å². The molecule has 1 saturated heterocycles. The number of imidazole rings is 1. The van der Waals surface area contributed by atoms with Crippen LogP contribution in [0, 0.1) is 5.92 Å². The van der Waals surface area contributed by atoms with E-state index in [-0.39, 0.29) is 17.2 Å². The van der Waals surface area contributed by atoms with Gasteiger partial charge in [-0.05, 0) is 34.1 Å². The Morgan fingerprint density at radius 1 is 1.47 bits per heavy atom. The number of ether oxygens (including phenoxy) is 1. The molecule has 96 valence electrons. The molecule has 1 aromatic heterocycles. The highest BCUT2D eigenvalue weighted by atomic mass is 16.5. The van der Waals surface area contributed by atoms with E-state index in [1.54, 1.807) is 6.20 Å². The van der Waals surface area contributed by atoms with Crippen molar-refractivity contribution in [1.82, 2.24) is 9.55 Å². The summed E-state index contributed by atoms with van der Waals surface area (Å²) in [6.07, 6.45) is 4.69. The normalized spacial score (nSPS) is 28.2. The minimum atomic E-state index is -0.200. The lowest BCUT2D eigenvalue weighted by Crippen LogP contribution is -2.36. The minimum Gasteiger partial charge on any atom is -0.369 e. The number of hydrogen-bond donors (Lipinski definition) is 1. The van der Waals surface area contributed by atoms with Gasteiger partial charge in [0, 0.05) is 25.4 Å². The summed E-state index contributed by atoms with van der Waals surface area (Å²) in [6, 6.07) is -0.0771. The summed E-state index contributed by atoms with van der Waals surface area (Å²) in [6.45, 7) is 8.49. The molecule has 0 amide bonds. The molecule has 17 heavy (non-hydrogen) atoms. The molecule has 0 bridgehead atoms. The number of nitrogens with two attached hydrogens (primary N) is 1. The van der Waals surface area contributed by atoms with Gasteiger partial charge in [-0.1, -0.05) is 0 Å². The summed E-state index contributed by atoms with van der Waals surface area (Å²) in [5.74, 6) is 1.22. The van der Waals surface area contributed by atoms with Crippen LogP contribution in [-0.4, -0.2) is 20.8 Å². The minimum absolute atomic E-state index is 0.0771. The Bertz CT molecular complexity index is 409. The average Bonchev–Trinajstić information content (AvgIpc) is 2.66. The molecule has 4 heteroatoms. The van der Waals surface area contributed by atoms with Gasteiger partial charge in [-0.15, -0.1) is 0 Å². The van der Waals surface area contributed by atoms with Crippen molar-refractivity contribution in [2.24, 2.45) is 18.7 Å². The quantitative estimate of drug-likeness (QED) is 0.856. The van der Waals surface area contributed by atoms with Crippen LogP contribution in [0.25, 0.3) is 0 Å². The van der Waals surface area contributed by atoms with Gasteiger partial charge in [-0.2, -0.15) is 0 Å². The maximum atomic E-state index is 6.38. The zero-order valence-corrected chi connectivity index (χ0v) is 11.4. The van der Waals surface area contributed by atoms with Gasteiger partial charge in [-0.25, -0.2) is 4.98 Å². The lowest BCUT2D eigenvalue weighted by molar-refractivity contribution is -0.0770. The number of rotatable bonds is 2. The largest absolute Gasteiger partial charge is 0.369 e. The van der Waals surface area contributed by atoms with Gasteiger partial charge in [0.2, 0.25) is 0 Å². The van der Waals surface area contributed by atoms with E-state index in [2.05, 4.69) is 32.7 Å². The first kappa shape index (κ1) is 12.6. The Balaban J connectivity index is 2.26. The van der Waals surface area contributed by atoms with Crippen molar-refractivity contribution in [3.8, 4) is 0 Å². The first-order chi connectivity index (χ1) is 7.73. The molecule has 4 nitrogen and oxygen atoms in total. The van der Waals surface area contributed by atoms with Crippen molar-refractivity contribution in [1.29, 1.82) is 0 Å². The van der Waals surface area contributed by atoms with E-state index in [1.807, 2.05) is 17.8 Å². The van der Waals surface area contributed by atoms with E-state index in [0.29, 0.717) is 5.92 Å². The van der Waals surface area contributed by atoms with Crippen molar-refractivity contribution in [3.05, 3.63) is 18.2 Å². The Morgan fingerprint density at radius 3 is 2.53 bits per heavy atom. The SMILES string of the molecule is Cn1ccnc1C(N)C1CC(C)(C)OC1(C)C. The predicted molar refractivity (Wildman–Crippen MR) is 67.5 cm³/mol. The zero-order chi connectivity index (χ0) is 12.8. The van der Waals surface area contributed by atoms with Gasteiger partial charge in [-0.3, -0.25) is 0 Å². The van der Waals surface area contributed by atoms with Crippen LogP contribution >= 0.6 is 0 Å². The molecular formula is C13H23N3O. The molecule has 2 N–H and O–H groups in total. The van der Waals surface area contributed by atoms with Gasteiger partial charge < -0.3 is 15.0 Å². The lowest BCUT2D eigenvalue weighted by Gasteiger charge is -2.30. The van der Waals surface area contributed by atoms with E-state index in [9.17, 15) is 0 Å². The van der Waals surface area contributed by atoms with Crippen LogP contribution in [0.3, 0.4) is 0 Å². The third-order valence-corrected chi connectivity index (χ3v) is 3.73. The smallest absolute Gasteiger partial charge is 0.125 e. The molecule has 1 fully saturated rings. The topological polar surface area (TPSA) is 53.1 Å². The Morgan fingerprint density at radius 2 is 2.12 bits per heavy atom. The molecule has 0 spiro atoms. The van der Waals surface area contributed by atoms with Crippen LogP contribution in [0.5, 0.6) is 0 Å². The summed E-state index contributed by atoms with van der Waals surface area (Å²) >= 11 is 0. The second-order valence-corrected chi connectivity index (χ2v) is 6.20. The van der Waals surface area contributed by atoms with Crippen molar-refractivity contribution in [3.63, 3.8) is 0 Å². The van der Waals surface area contributed by atoms with Crippen LogP contribution in [0.1, 0.15) is 46.0 Å². The molecule has 0 saturated carbocycles. The third kappa shape index (κ3) is 2.24. The number of nitrogens with zero attached hydrogens (tertiary/aromatic N) is 2. The monoisotopic (exact) mass is 237 g/mol. The lowest BCUT2D eigenvalue weighted by atomic mass is 9.81. The Labute approximate surface area is 103 Å². The second-order valence-electron chi connectivity index (χ2n) is 6.20. The standard InChI is InChI=1S/C13H23N3O/c1-12(2)8-9(13(3,4)17-12)10(14)11-15-6-7-16(11)5/h6-7,9-10H,8,14H2,1-5H3. The molecule has 0 aliphatic carbocycles. The number of hydrogen-bond acceptors (Lipinski definition) is 3. The molecular weight excluding hydrogens is 214 g/mol. The average molecular weight is 237 g/mol. The van der Waals surface area contributed by atoms with Crippen molar-refractivity contribution >= 4 is 0 Å². The first-order valence-corrected chi connectivity index (χ1v) is 6.16. The van der Waals surface area contributed by atoms with Crippen LogP contribution in [0.15, 0.2) is 12.4 Å². The highest BCUT2D eigenvalue weighted by Gasteiger charge is 2.49. The van der Waals surface area contributed by atoms with E-state index in [1.165, 1.54) is 0 Å². The number of aryl methyl sites for hydroxylation is 1. The highest BCUT2D eigenvalue weighted by Crippen LogP contribution is 2.46. The molecule has 0 aromatic carbocycles. The van der Waals surface area contributed by atoms with Gasteiger partial charge in [0.05, 0.1) is 17.2 Å². The maximum Gasteiger partial charge on any atom is 0.125 e. The van der Waals surface area contributed by atoms with E-state index in [0.717, 1.165) is 12.2 Å². The van der Waals surface area contributed by atoms with Gasteiger partial charge in [0.25, 0.3) is 0 Å². The van der Waals surface area contributed by atoms with Crippen molar-refractivity contribution in [2.45, 2.75) is 51.4 Å². The van der Waals surface area contributed by atoms with Crippen LogP contribution in [0.2, 0.25) is 0 Å². The Kier molecular flexibility index (Phi) is 2.83. The van der Waals surface area contributed by atoms with E-state index in [4.69, 9.17) is 10.5 Å². The van der Waals surface area contributed by atoms with Gasteiger partial charge in [0.1, 0.15) is 5.82 Å². The van der Waals surface area contributed by atoms with Crippen molar-refractivity contribution in [2.75, 3.05) is 0 Å². The van der Waals surface area contributed by atoms with Crippen LogP contribution < -0.4 is 5.73 Å². The molecule has 2 rings (SSSR count). The highest BCUT2D eigenvalue weighted by molar-refractivity contribution is 5.07. The summed E-state index contributed by atoms with van der Waals surface area (Å²) in [5, 5.41) is 0. The summed E-state index contributed by atoms with van der Waals surface area (Å²) in [7, 11) is 1.98. The molecule has 2 atom stereocenters. The molecule has 0 radical (unpaired) electrons. The molecule has 1 aliphatic heterocycles. The fourth-order valence-corrected chi connectivity index (χ4v) is 3.04. The molecule has 1 aliphatic rings. The summed E-state index contributed by atoms with van der Waals surface area (Å²) < 4.78 is 8.08. The maximum absolute atomic E-state index is 6.38. The zero-order valence-electron chi connectivity index (χ0n) is 11.4. The fourth-order valence-electron chi connectivity index (χ4n) is 3.04. The van der Waals surface area contributed by atoms with Gasteiger partial charge >= 0.3 is 0 Å². The first-order valence-electron chi connectivity index (χ1n) is 6.16. The molecule has 2 unspecified atom stereocenters. The third-order valence-electron chi connectivity index (χ3n) is 3.73.